The molecule has 0 aliphatic carbocycles. The molecule has 0 saturated carbocycles. The van der Waals surface area contributed by atoms with Crippen molar-refractivity contribution in [2.45, 2.75) is 73.1 Å². The van der Waals surface area contributed by atoms with Gasteiger partial charge in [0.15, 0.2) is 0 Å². The third-order valence-electron chi connectivity index (χ3n) is 3.04. The van der Waals surface area contributed by atoms with E-state index in [0.29, 0.717) is 6.61 Å². The summed E-state index contributed by atoms with van der Waals surface area (Å²) in [5.41, 5.74) is 4.04. The number of rotatable bonds is 10. The first-order chi connectivity index (χ1) is 9.10. The van der Waals surface area contributed by atoms with Gasteiger partial charge < -0.3 is 4.84 Å². The third kappa shape index (κ3) is 11.8. The van der Waals surface area contributed by atoms with E-state index in [9.17, 15) is 0 Å². The maximum absolute atomic E-state index is 5.04. The van der Waals surface area contributed by atoms with Gasteiger partial charge in [-0.25, -0.2) is 0 Å². The zero-order chi connectivity index (χ0) is 14.5. The number of allylic oxidation sites excluding steroid dienone is 4. The summed E-state index contributed by atoms with van der Waals surface area (Å²) >= 11 is 0. The van der Waals surface area contributed by atoms with Crippen LogP contribution in [0, 0.1) is 0 Å². The van der Waals surface area contributed by atoms with E-state index in [-0.39, 0.29) is 0 Å². The molecule has 0 spiro atoms. The van der Waals surface area contributed by atoms with E-state index >= 15 is 0 Å². The normalized spacial score (nSPS) is 13.8. The standard InChI is InChI=1S/C17H31NO/c1-6-8-10-15(3)11-9-12-16(4)13-14-17(5)18-19-7-2/h10,12H,6-9,11,13-14H2,1-5H3/b15-10+,16-12+,18-17+. The van der Waals surface area contributed by atoms with Crippen LogP contribution in [0.1, 0.15) is 73.1 Å². The van der Waals surface area contributed by atoms with Crippen LogP contribution in [0.15, 0.2) is 28.5 Å². The molecule has 0 aromatic heterocycles. The molecule has 0 atom stereocenters. The number of hydrogen-bond acceptors (Lipinski definition) is 2. The average Bonchev–Trinajstić information content (AvgIpc) is 2.40. The number of oxime groups is 1. The first-order valence-corrected chi connectivity index (χ1v) is 7.56. The van der Waals surface area contributed by atoms with Crippen LogP contribution in [0.2, 0.25) is 0 Å². The van der Waals surface area contributed by atoms with Crippen LogP contribution in [-0.2, 0) is 4.84 Å². The Morgan fingerprint density at radius 2 is 1.53 bits per heavy atom. The summed E-state index contributed by atoms with van der Waals surface area (Å²) in [6.45, 7) is 11.3. The molecule has 0 bridgehead atoms. The van der Waals surface area contributed by atoms with Crippen LogP contribution < -0.4 is 0 Å². The van der Waals surface area contributed by atoms with Gasteiger partial charge in [-0.2, -0.15) is 0 Å². The van der Waals surface area contributed by atoms with E-state index in [4.69, 9.17) is 4.84 Å². The van der Waals surface area contributed by atoms with Gasteiger partial charge in [-0.15, -0.1) is 0 Å². The van der Waals surface area contributed by atoms with Crippen LogP contribution in [-0.4, -0.2) is 12.3 Å². The van der Waals surface area contributed by atoms with E-state index < -0.39 is 0 Å². The van der Waals surface area contributed by atoms with Gasteiger partial charge in [0.25, 0.3) is 0 Å². The van der Waals surface area contributed by atoms with Crippen molar-refractivity contribution >= 4 is 5.71 Å². The lowest BCUT2D eigenvalue weighted by Gasteiger charge is -2.03. The molecule has 0 aliphatic heterocycles. The summed E-state index contributed by atoms with van der Waals surface area (Å²) in [6, 6.07) is 0. The molecule has 0 heterocycles. The SMILES string of the molecule is CCC/C=C(\C)CC/C=C(\C)CC/C(C)=N/OCC. The van der Waals surface area contributed by atoms with Gasteiger partial charge in [0.2, 0.25) is 0 Å². The highest BCUT2D eigenvalue weighted by molar-refractivity contribution is 5.81. The molecular weight excluding hydrogens is 234 g/mol. The topological polar surface area (TPSA) is 21.6 Å². The van der Waals surface area contributed by atoms with Crippen molar-refractivity contribution in [3.8, 4) is 0 Å². The first-order valence-electron chi connectivity index (χ1n) is 7.56. The van der Waals surface area contributed by atoms with Gasteiger partial charge in [-0.05, 0) is 59.8 Å². The van der Waals surface area contributed by atoms with Crippen molar-refractivity contribution in [1.29, 1.82) is 0 Å². The van der Waals surface area contributed by atoms with Gasteiger partial charge in [0, 0.05) is 0 Å². The molecule has 2 nitrogen and oxygen atoms in total. The maximum atomic E-state index is 5.04. The van der Waals surface area contributed by atoms with Crippen molar-refractivity contribution in [2.24, 2.45) is 5.16 Å². The predicted molar refractivity (Wildman–Crippen MR) is 85.6 cm³/mol. The lowest BCUT2D eigenvalue weighted by atomic mass is 10.1. The minimum Gasteiger partial charge on any atom is -0.396 e. The molecule has 0 N–H and O–H groups in total. The van der Waals surface area contributed by atoms with Gasteiger partial charge in [0.05, 0.1) is 5.71 Å². The average molecular weight is 265 g/mol. The lowest BCUT2D eigenvalue weighted by molar-refractivity contribution is 0.158. The Morgan fingerprint density at radius 3 is 2.16 bits per heavy atom. The monoisotopic (exact) mass is 265 g/mol. The smallest absolute Gasteiger partial charge is 0.114 e. The second-order valence-corrected chi connectivity index (χ2v) is 5.17. The number of nitrogens with zero attached hydrogens (tertiary/aromatic N) is 1. The Kier molecular flexibility index (Phi) is 11.3. The van der Waals surface area contributed by atoms with Crippen molar-refractivity contribution in [2.75, 3.05) is 6.61 Å². The molecule has 2 heteroatoms. The molecule has 0 rings (SSSR count). The minimum absolute atomic E-state index is 0.648. The molecule has 0 amide bonds. The van der Waals surface area contributed by atoms with E-state index in [1.807, 2.05) is 13.8 Å². The number of hydrogen-bond donors (Lipinski definition) is 0. The van der Waals surface area contributed by atoms with Crippen molar-refractivity contribution in [3.63, 3.8) is 0 Å². The molecule has 0 saturated heterocycles. The zero-order valence-electron chi connectivity index (χ0n) is 13.5. The van der Waals surface area contributed by atoms with Gasteiger partial charge in [-0.3, -0.25) is 0 Å². The summed E-state index contributed by atoms with van der Waals surface area (Å²) in [7, 11) is 0. The Hall–Kier alpha value is -1.05. The fourth-order valence-corrected chi connectivity index (χ4v) is 1.74. The summed E-state index contributed by atoms with van der Waals surface area (Å²) in [6.07, 6.45) is 11.6. The summed E-state index contributed by atoms with van der Waals surface area (Å²) in [5, 5.41) is 4.04. The zero-order valence-corrected chi connectivity index (χ0v) is 13.5. The quantitative estimate of drug-likeness (QED) is 0.284. The van der Waals surface area contributed by atoms with Crippen LogP contribution in [0.25, 0.3) is 0 Å². The largest absolute Gasteiger partial charge is 0.396 e. The van der Waals surface area contributed by atoms with Crippen LogP contribution in [0.5, 0.6) is 0 Å². The second-order valence-electron chi connectivity index (χ2n) is 5.17. The van der Waals surface area contributed by atoms with E-state index in [0.717, 1.165) is 25.0 Å². The highest BCUT2D eigenvalue weighted by Crippen LogP contribution is 2.11. The Labute approximate surface area is 119 Å². The fourth-order valence-electron chi connectivity index (χ4n) is 1.74. The molecule has 0 aromatic carbocycles. The minimum atomic E-state index is 0.648. The van der Waals surface area contributed by atoms with Crippen LogP contribution >= 0.6 is 0 Å². The molecule has 0 aromatic rings. The van der Waals surface area contributed by atoms with Crippen LogP contribution in [0.4, 0.5) is 0 Å². The molecular formula is C17H31NO. The Morgan fingerprint density at radius 1 is 0.895 bits per heavy atom. The first kappa shape index (κ1) is 17.9. The molecule has 0 fully saturated rings. The van der Waals surface area contributed by atoms with Crippen molar-refractivity contribution in [3.05, 3.63) is 23.3 Å². The highest BCUT2D eigenvalue weighted by atomic mass is 16.6. The number of unbranched alkanes of at least 4 members (excludes halogenated alkanes) is 1. The third-order valence-corrected chi connectivity index (χ3v) is 3.04. The van der Waals surface area contributed by atoms with Gasteiger partial charge in [0.1, 0.15) is 6.61 Å². The molecule has 110 valence electrons. The van der Waals surface area contributed by atoms with Crippen molar-refractivity contribution < 1.29 is 4.84 Å². The van der Waals surface area contributed by atoms with Gasteiger partial charge >= 0.3 is 0 Å². The second kappa shape index (κ2) is 12.0. The Balaban J connectivity index is 3.88. The van der Waals surface area contributed by atoms with Crippen molar-refractivity contribution in [1.82, 2.24) is 0 Å². The summed E-state index contributed by atoms with van der Waals surface area (Å²) < 4.78 is 0. The molecule has 0 radical (unpaired) electrons. The predicted octanol–water partition coefficient (Wildman–Crippen LogP) is 5.65. The van der Waals surface area contributed by atoms with E-state index in [2.05, 4.69) is 38.1 Å². The Bertz CT molecular complexity index is 313. The van der Waals surface area contributed by atoms with Crippen LogP contribution in [0.3, 0.4) is 0 Å². The summed E-state index contributed by atoms with van der Waals surface area (Å²) in [5.74, 6) is 0. The highest BCUT2D eigenvalue weighted by Gasteiger charge is 1.96. The van der Waals surface area contributed by atoms with E-state index in [1.165, 1.54) is 30.4 Å². The summed E-state index contributed by atoms with van der Waals surface area (Å²) in [4.78, 5) is 5.04. The maximum Gasteiger partial charge on any atom is 0.114 e. The van der Waals surface area contributed by atoms with Gasteiger partial charge in [-0.1, -0.05) is 41.8 Å². The fraction of sp³-hybridized carbons (Fsp3) is 0.706. The van der Waals surface area contributed by atoms with E-state index in [1.54, 1.807) is 0 Å². The lowest BCUT2D eigenvalue weighted by Crippen LogP contribution is -1.94. The molecule has 0 unspecified atom stereocenters. The molecule has 19 heavy (non-hydrogen) atoms. The molecule has 0 aliphatic rings.